The quantitative estimate of drug-likeness (QED) is 0.862. The van der Waals surface area contributed by atoms with Gasteiger partial charge in [-0.25, -0.2) is 0 Å². The molecule has 0 bridgehead atoms. The molecule has 0 saturated heterocycles. The standard InChI is InChI=1S/C14H20N2O.ClH/c15-13(12-7-2-1-3-8-12)10-16-14(17)9-11-5-4-6-11;/h1-3,7-8,11,13H,4-6,9-10,15H2,(H,16,17);1H. The minimum absolute atomic E-state index is 0. The second-order valence-corrected chi connectivity index (χ2v) is 4.82. The number of carbonyl (C=O) groups is 1. The zero-order chi connectivity index (χ0) is 12.1. The Labute approximate surface area is 115 Å². The van der Waals surface area contributed by atoms with E-state index < -0.39 is 0 Å². The molecule has 0 heterocycles. The fourth-order valence-electron chi connectivity index (χ4n) is 2.07. The summed E-state index contributed by atoms with van der Waals surface area (Å²) in [6, 6.07) is 9.76. The van der Waals surface area contributed by atoms with Crippen LogP contribution in [0.3, 0.4) is 0 Å². The van der Waals surface area contributed by atoms with E-state index in [4.69, 9.17) is 5.73 Å². The third-order valence-electron chi connectivity index (χ3n) is 3.45. The number of nitrogens with one attached hydrogen (secondary N) is 1. The number of hydrogen-bond acceptors (Lipinski definition) is 2. The van der Waals surface area contributed by atoms with Gasteiger partial charge in [0.2, 0.25) is 5.91 Å². The van der Waals surface area contributed by atoms with Crippen LogP contribution in [0.15, 0.2) is 30.3 Å². The number of benzene rings is 1. The van der Waals surface area contributed by atoms with Crippen LogP contribution in [-0.2, 0) is 4.79 Å². The maximum Gasteiger partial charge on any atom is 0.220 e. The summed E-state index contributed by atoms with van der Waals surface area (Å²) in [6.07, 6.45) is 4.36. The van der Waals surface area contributed by atoms with Crippen molar-refractivity contribution >= 4 is 18.3 Å². The van der Waals surface area contributed by atoms with Crippen molar-refractivity contribution in [3.05, 3.63) is 35.9 Å². The van der Waals surface area contributed by atoms with Gasteiger partial charge in [-0.2, -0.15) is 0 Å². The highest BCUT2D eigenvalue weighted by Crippen LogP contribution is 2.29. The average Bonchev–Trinajstić information content (AvgIpc) is 2.32. The van der Waals surface area contributed by atoms with Crippen LogP contribution in [0.5, 0.6) is 0 Å². The van der Waals surface area contributed by atoms with Crippen LogP contribution in [0.2, 0.25) is 0 Å². The van der Waals surface area contributed by atoms with Gasteiger partial charge in [0.15, 0.2) is 0 Å². The van der Waals surface area contributed by atoms with Gasteiger partial charge < -0.3 is 11.1 Å². The summed E-state index contributed by atoms with van der Waals surface area (Å²) in [5, 5.41) is 2.92. The van der Waals surface area contributed by atoms with Crippen LogP contribution in [-0.4, -0.2) is 12.5 Å². The molecule has 1 aliphatic carbocycles. The molecular weight excluding hydrogens is 248 g/mol. The van der Waals surface area contributed by atoms with Crippen LogP contribution >= 0.6 is 12.4 Å². The fourth-order valence-corrected chi connectivity index (χ4v) is 2.07. The molecule has 3 N–H and O–H groups in total. The molecule has 1 fully saturated rings. The number of rotatable bonds is 5. The smallest absolute Gasteiger partial charge is 0.220 e. The Morgan fingerprint density at radius 3 is 2.56 bits per heavy atom. The predicted molar refractivity (Wildman–Crippen MR) is 75.6 cm³/mol. The lowest BCUT2D eigenvalue weighted by atomic mass is 9.83. The van der Waals surface area contributed by atoms with Gasteiger partial charge in [0.05, 0.1) is 0 Å². The first-order valence-corrected chi connectivity index (χ1v) is 6.33. The molecule has 3 nitrogen and oxygen atoms in total. The summed E-state index contributed by atoms with van der Waals surface area (Å²) in [5.74, 6) is 0.754. The molecule has 0 radical (unpaired) electrons. The van der Waals surface area contributed by atoms with Gasteiger partial charge in [0, 0.05) is 19.0 Å². The molecule has 1 unspecified atom stereocenters. The Kier molecular flexibility index (Phi) is 6.16. The highest BCUT2D eigenvalue weighted by atomic mass is 35.5. The average molecular weight is 269 g/mol. The van der Waals surface area contributed by atoms with Crippen molar-refractivity contribution in [3.63, 3.8) is 0 Å². The maximum atomic E-state index is 11.6. The first-order chi connectivity index (χ1) is 8.25. The van der Waals surface area contributed by atoms with Gasteiger partial charge >= 0.3 is 0 Å². The summed E-state index contributed by atoms with van der Waals surface area (Å²) >= 11 is 0. The molecule has 1 aromatic rings. The third-order valence-corrected chi connectivity index (χ3v) is 3.45. The van der Waals surface area contributed by atoms with E-state index in [-0.39, 0.29) is 24.4 Å². The summed E-state index contributed by atoms with van der Waals surface area (Å²) in [5.41, 5.74) is 7.07. The summed E-state index contributed by atoms with van der Waals surface area (Å²) < 4.78 is 0. The van der Waals surface area contributed by atoms with Gasteiger partial charge in [-0.15, -0.1) is 12.4 Å². The normalized spacial score (nSPS) is 16.3. The van der Waals surface area contributed by atoms with Crippen LogP contribution in [0, 0.1) is 5.92 Å². The lowest BCUT2D eigenvalue weighted by molar-refractivity contribution is -0.122. The SMILES string of the molecule is Cl.NC(CNC(=O)CC1CCC1)c1ccccc1. The lowest BCUT2D eigenvalue weighted by Crippen LogP contribution is -2.33. The molecule has 18 heavy (non-hydrogen) atoms. The summed E-state index contributed by atoms with van der Waals surface area (Å²) in [6.45, 7) is 0.523. The van der Waals surface area contributed by atoms with E-state index in [1.54, 1.807) is 0 Å². The summed E-state index contributed by atoms with van der Waals surface area (Å²) in [7, 11) is 0. The van der Waals surface area contributed by atoms with Crippen molar-refractivity contribution in [3.8, 4) is 0 Å². The maximum absolute atomic E-state index is 11.6. The van der Waals surface area contributed by atoms with Crippen LogP contribution in [0.25, 0.3) is 0 Å². The Balaban J connectivity index is 0.00000162. The van der Waals surface area contributed by atoms with Crippen molar-refractivity contribution in [1.82, 2.24) is 5.32 Å². The topological polar surface area (TPSA) is 55.1 Å². The van der Waals surface area contributed by atoms with Gasteiger partial charge in [-0.1, -0.05) is 36.8 Å². The Morgan fingerprint density at radius 2 is 2.00 bits per heavy atom. The van der Waals surface area contributed by atoms with Crippen LogP contribution < -0.4 is 11.1 Å². The number of carbonyl (C=O) groups excluding carboxylic acids is 1. The zero-order valence-corrected chi connectivity index (χ0v) is 11.3. The second kappa shape index (κ2) is 7.39. The zero-order valence-electron chi connectivity index (χ0n) is 10.5. The number of halogens is 1. The van der Waals surface area contributed by atoms with Crippen molar-refractivity contribution in [2.45, 2.75) is 31.7 Å². The predicted octanol–water partition coefficient (Wildman–Crippen LogP) is 2.41. The molecule has 0 spiro atoms. The number of hydrogen-bond donors (Lipinski definition) is 2. The molecular formula is C14H21ClN2O. The molecule has 0 aliphatic heterocycles. The van der Waals surface area contributed by atoms with E-state index in [1.165, 1.54) is 19.3 Å². The monoisotopic (exact) mass is 268 g/mol. The van der Waals surface area contributed by atoms with Gasteiger partial charge in [-0.3, -0.25) is 4.79 Å². The van der Waals surface area contributed by atoms with Gasteiger partial charge in [0.1, 0.15) is 0 Å². The molecule has 100 valence electrons. The van der Waals surface area contributed by atoms with E-state index in [1.807, 2.05) is 30.3 Å². The number of nitrogens with two attached hydrogens (primary N) is 1. The lowest BCUT2D eigenvalue weighted by Gasteiger charge is -2.24. The van der Waals surface area contributed by atoms with E-state index in [0.29, 0.717) is 18.9 Å². The molecule has 1 aromatic carbocycles. The van der Waals surface area contributed by atoms with E-state index >= 15 is 0 Å². The number of amides is 1. The van der Waals surface area contributed by atoms with E-state index in [0.717, 1.165) is 5.56 Å². The Hall–Kier alpha value is -1.06. The minimum atomic E-state index is -0.110. The van der Waals surface area contributed by atoms with E-state index in [2.05, 4.69) is 5.32 Å². The van der Waals surface area contributed by atoms with E-state index in [9.17, 15) is 4.79 Å². The Bertz CT molecular complexity index is 365. The van der Waals surface area contributed by atoms with Crippen LogP contribution in [0.1, 0.15) is 37.3 Å². The second-order valence-electron chi connectivity index (χ2n) is 4.82. The van der Waals surface area contributed by atoms with Gasteiger partial charge in [0.25, 0.3) is 0 Å². The largest absolute Gasteiger partial charge is 0.354 e. The molecule has 1 amide bonds. The minimum Gasteiger partial charge on any atom is -0.354 e. The Morgan fingerprint density at radius 1 is 1.33 bits per heavy atom. The van der Waals surface area contributed by atoms with Crippen molar-refractivity contribution in [1.29, 1.82) is 0 Å². The fraction of sp³-hybridized carbons (Fsp3) is 0.500. The van der Waals surface area contributed by atoms with Crippen molar-refractivity contribution in [2.24, 2.45) is 11.7 Å². The molecule has 2 rings (SSSR count). The summed E-state index contributed by atoms with van der Waals surface area (Å²) in [4.78, 5) is 11.6. The first kappa shape index (κ1) is 15.0. The molecule has 4 heteroatoms. The molecule has 1 saturated carbocycles. The molecule has 1 aliphatic rings. The molecule has 0 aromatic heterocycles. The first-order valence-electron chi connectivity index (χ1n) is 6.33. The van der Waals surface area contributed by atoms with Crippen molar-refractivity contribution < 1.29 is 4.79 Å². The van der Waals surface area contributed by atoms with Gasteiger partial charge in [-0.05, 0) is 24.3 Å². The van der Waals surface area contributed by atoms with Crippen molar-refractivity contribution in [2.75, 3.05) is 6.54 Å². The van der Waals surface area contributed by atoms with Crippen LogP contribution in [0.4, 0.5) is 0 Å². The highest BCUT2D eigenvalue weighted by Gasteiger charge is 2.20. The third kappa shape index (κ3) is 4.31. The highest BCUT2D eigenvalue weighted by molar-refractivity contribution is 5.85. The molecule has 1 atom stereocenters.